The zero-order chi connectivity index (χ0) is 17.6. The summed E-state index contributed by atoms with van der Waals surface area (Å²) in [6.45, 7) is 6.99. The van der Waals surface area contributed by atoms with Crippen molar-refractivity contribution in [1.29, 1.82) is 0 Å². The number of aromatic nitrogens is 2. The molecule has 0 amide bonds. The molecule has 1 saturated heterocycles. The van der Waals surface area contributed by atoms with Gasteiger partial charge < -0.3 is 14.0 Å². The molecule has 0 radical (unpaired) electrons. The summed E-state index contributed by atoms with van der Waals surface area (Å²) in [5.41, 5.74) is 1.44. The van der Waals surface area contributed by atoms with Gasteiger partial charge in [0.15, 0.2) is 5.79 Å². The van der Waals surface area contributed by atoms with Gasteiger partial charge in [0.25, 0.3) is 0 Å². The molecule has 2 heterocycles. The maximum atomic E-state index is 6.44. The van der Waals surface area contributed by atoms with Crippen molar-refractivity contribution in [2.75, 3.05) is 13.2 Å². The topological polar surface area (TPSA) is 36.3 Å². The van der Waals surface area contributed by atoms with Gasteiger partial charge in [-0.2, -0.15) is 0 Å². The summed E-state index contributed by atoms with van der Waals surface area (Å²) in [4.78, 5) is 4.11. The van der Waals surface area contributed by atoms with Crippen molar-refractivity contribution in [2.24, 2.45) is 5.41 Å². The number of nitrogens with zero attached hydrogens (tertiary/aromatic N) is 2. The Hall–Kier alpha value is -1.65. The van der Waals surface area contributed by atoms with Crippen LogP contribution in [0.1, 0.15) is 45.1 Å². The van der Waals surface area contributed by atoms with Crippen molar-refractivity contribution in [3.8, 4) is 0 Å². The zero-order valence-corrected chi connectivity index (χ0v) is 15.5. The predicted molar refractivity (Wildman–Crippen MR) is 99.3 cm³/mol. The fourth-order valence-corrected chi connectivity index (χ4v) is 3.50. The summed E-state index contributed by atoms with van der Waals surface area (Å²) < 4.78 is 15.0. The SMILES string of the molecule is CCC1(CC)COC(CCCn2ccnc2)(Cc2ccccc2)OC1. The van der Waals surface area contributed by atoms with E-state index in [9.17, 15) is 0 Å². The lowest BCUT2D eigenvalue weighted by Gasteiger charge is -2.46. The van der Waals surface area contributed by atoms with Crippen LogP contribution in [0.25, 0.3) is 0 Å². The summed E-state index contributed by atoms with van der Waals surface area (Å²) in [5.74, 6) is -0.504. The minimum atomic E-state index is -0.504. The van der Waals surface area contributed by atoms with Gasteiger partial charge in [0.05, 0.1) is 19.5 Å². The number of rotatable bonds is 8. The van der Waals surface area contributed by atoms with Crippen molar-refractivity contribution in [3.05, 3.63) is 54.6 Å². The van der Waals surface area contributed by atoms with Gasteiger partial charge >= 0.3 is 0 Å². The smallest absolute Gasteiger partial charge is 0.172 e. The first-order chi connectivity index (χ1) is 12.2. The van der Waals surface area contributed by atoms with Crippen LogP contribution in [0.3, 0.4) is 0 Å². The van der Waals surface area contributed by atoms with Crippen LogP contribution in [0, 0.1) is 5.41 Å². The van der Waals surface area contributed by atoms with E-state index < -0.39 is 5.79 Å². The molecule has 2 aromatic rings. The van der Waals surface area contributed by atoms with Gasteiger partial charge in [0.1, 0.15) is 0 Å². The van der Waals surface area contributed by atoms with E-state index in [-0.39, 0.29) is 5.41 Å². The van der Waals surface area contributed by atoms with Crippen molar-refractivity contribution in [3.63, 3.8) is 0 Å². The molecule has 0 aliphatic carbocycles. The monoisotopic (exact) mass is 342 g/mol. The Morgan fingerprint density at radius 1 is 1.08 bits per heavy atom. The summed E-state index contributed by atoms with van der Waals surface area (Å²) >= 11 is 0. The molecule has 1 aliphatic rings. The average molecular weight is 342 g/mol. The lowest BCUT2D eigenvalue weighted by Crippen LogP contribution is -2.50. The molecule has 1 aromatic heterocycles. The van der Waals surface area contributed by atoms with Gasteiger partial charge in [-0.3, -0.25) is 0 Å². The van der Waals surface area contributed by atoms with Crippen LogP contribution in [0.5, 0.6) is 0 Å². The summed E-state index contributed by atoms with van der Waals surface area (Å²) in [5, 5.41) is 0. The maximum Gasteiger partial charge on any atom is 0.172 e. The minimum absolute atomic E-state index is 0.171. The zero-order valence-electron chi connectivity index (χ0n) is 15.5. The van der Waals surface area contributed by atoms with Crippen molar-refractivity contribution >= 4 is 0 Å². The second kappa shape index (κ2) is 8.15. The Balaban J connectivity index is 1.68. The van der Waals surface area contributed by atoms with Crippen LogP contribution >= 0.6 is 0 Å². The molecule has 4 nitrogen and oxygen atoms in total. The molecule has 0 spiro atoms. The summed E-state index contributed by atoms with van der Waals surface area (Å²) in [7, 11) is 0. The third-order valence-corrected chi connectivity index (χ3v) is 5.63. The Morgan fingerprint density at radius 2 is 1.80 bits per heavy atom. The van der Waals surface area contributed by atoms with Gasteiger partial charge in [-0.25, -0.2) is 4.98 Å². The highest BCUT2D eigenvalue weighted by atomic mass is 16.7. The molecule has 0 bridgehead atoms. The fraction of sp³-hybridized carbons (Fsp3) is 0.571. The van der Waals surface area contributed by atoms with Crippen LogP contribution in [-0.4, -0.2) is 28.6 Å². The quantitative estimate of drug-likeness (QED) is 0.711. The van der Waals surface area contributed by atoms with Gasteiger partial charge in [-0.1, -0.05) is 44.2 Å². The molecule has 25 heavy (non-hydrogen) atoms. The Bertz CT molecular complexity index is 611. The number of hydrogen-bond acceptors (Lipinski definition) is 3. The lowest BCUT2D eigenvalue weighted by atomic mass is 9.82. The maximum absolute atomic E-state index is 6.44. The van der Waals surface area contributed by atoms with Crippen LogP contribution in [0.4, 0.5) is 0 Å². The third-order valence-electron chi connectivity index (χ3n) is 5.63. The normalized spacial score (nSPS) is 19.0. The number of benzene rings is 1. The van der Waals surface area contributed by atoms with E-state index in [2.05, 4.69) is 53.7 Å². The molecular weight excluding hydrogens is 312 g/mol. The number of hydrogen-bond donors (Lipinski definition) is 0. The lowest BCUT2D eigenvalue weighted by molar-refractivity contribution is -0.307. The molecule has 4 heteroatoms. The number of imidazole rings is 1. The average Bonchev–Trinajstić information content (AvgIpc) is 3.17. The van der Waals surface area contributed by atoms with Crippen LogP contribution in [-0.2, 0) is 22.4 Å². The summed E-state index contributed by atoms with van der Waals surface area (Å²) in [6, 6.07) is 10.5. The van der Waals surface area contributed by atoms with E-state index >= 15 is 0 Å². The van der Waals surface area contributed by atoms with Gasteiger partial charge in [-0.05, 0) is 24.8 Å². The predicted octanol–water partition coefficient (Wildman–Crippen LogP) is 4.46. The van der Waals surface area contributed by atoms with Crippen LogP contribution in [0.2, 0.25) is 0 Å². The van der Waals surface area contributed by atoms with Gasteiger partial charge in [0, 0.05) is 37.2 Å². The van der Waals surface area contributed by atoms with E-state index in [0.29, 0.717) is 0 Å². The highest BCUT2D eigenvalue weighted by molar-refractivity contribution is 5.16. The standard InChI is InChI=1S/C21H30N2O2/c1-3-20(4-2)16-24-21(25-17-20,15-19-9-6-5-7-10-19)11-8-13-23-14-12-22-18-23/h5-7,9-10,12,14,18H,3-4,8,11,13,15-17H2,1-2H3. The van der Waals surface area contributed by atoms with E-state index in [1.165, 1.54) is 5.56 Å². The molecular formula is C21H30N2O2. The first-order valence-corrected chi connectivity index (χ1v) is 9.47. The summed E-state index contributed by atoms with van der Waals surface area (Å²) in [6.07, 6.45) is 10.6. The van der Waals surface area contributed by atoms with Gasteiger partial charge in [0.2, 0.25) is 0 Å². The molecule has 0 atom stereocenters. The fourth-order valence-electron chi connectivity index (χ4n) is 3.50. The van der Waals surface area contributed by atoms with E-state index in [0.717, 1.165) is 51.9 Å². The highest BCUT2D eigenvalue weighted by Gasteiger charge is 2.42. The Morgan fingerprint density at radius 3 is 2.40 bits per heavy atom. The highest BCUT2D eigenvalue weighted by Crippen LogP contribution is 2.39. The van der Waals surface area contributed by atoms with E-state index in [1.54, 1.807) is 0 Å². The van der Waals surface area contributed by atoms with Crippen LogP contribution in [0.15, 0.2) is 49.1 Å². The molecule has 0 N–H and O–H groups in total. The molecule has 1 aliphatic heterocycles. The molecule has 3 rings (SSSR count). The molecule has 136 valence electrons. The van der Waals surface area contributed by atoms with Crippen molar-refractivity contribution in [1.82, 2.24) is 9.55 Å². The van der Waals surface area contributed by atoms with Crippen LogP contribution < -0.4 is 0 Å². The second-order valence-electron chi connectivity index (χ2n) is 7.26. The van der Waals surface area contributed by atoms with E-state index in [1.807, 2.05) is 18.7 Å². The Kier molecular flexibility index (Phi) is 5.92. The molecule has 0 saturated carbocycles. The van der Waals surface area contributed by atoms with Crippen molar-refractivity contribution in [2.45, 2.75) is 58.3 Å². The molecule has 1 aromatic carbocycles. The van der Waals surface area contributed by atoms with E-state index in [4.69, 9.17) is 9.47 Å². The molecule has 0 unspecified atom stereocenters. The largest absolute Gasteiger partial charge is 0.349 e. The number of aryl methyl sites for hydroxylation is 1. The second-order valence-corrected chi connectivity index (χ2v) is 7.26. The van der Waals surface area contributed by atoms with Gasteiger partial charge in [-0.15, -0.1) is 0 Å². The minimum Gasteiger partial charge on any atom is -0.349 e. The third kappa shape index (κ3) is 4.50. The Labute approximate surface area is 151 Å². The molecule has 1 fully saturated rings. The first kappa shape index (κ1) is 18.2. The van der Waals surface area contributed by atoms with Crippen molar-refractivity contribution < 1.29 is 9.47 Å². The first-order valence-electron chi connectivity index (χ1n) is 9.47. The number of ether oxygens (including phenoxy) is 2.